The van der Waals surface area contributed by atoms with Crippen LogP contribution < -0.4 is 5.32 Å². The van der Waals surface area contributed by atoms with Crippen LogP contribution in [0.25, 0.3) is 0 Å². The number of benzene rings is 1. The lowest BCUT2D eigenvalue weighted by Gasteiger charge is -2.54. The van der Waals surface area contributed by atoms with Crippen LogP contribution in [0, 0.1) is 6.92 Å². The first-order valence-electron chi connectivity index (χ1n) is 9.13. The van der Waals surface area contributed by atoms with E-state index in [1.54, 1.807) is 36.4 Å². The number of carbonyl (C=O) groups excluding carboxylic acids is 2. The van der Waals surface area contributed by atoms with Gasteiger partial charge in [0.05, 0.1) is 11.2 Å². The van der Waals surface area contributed by atoms with Gasteiger partial charge in [-0.3, -0.25) is 14.6 Å². The van der Waals surface area contributed by atoms with Crippen LogP contribution in [-0.2, 0) is 4.74 Å². The van der Waals surface area contributed by atoms with E-state index in [-0.39, 0.29) is 17.4 Å². The number of nitrogens with zero attached hydrogens (tertiary/aromatic N) is 2. The fraction of sp³-hybridized carbons (Fsp3) is 0.381. The smallest absolute Gasteiger partial charge is 0.255 e. The van der Waals surface area contributed by atoms with Gasteiger partial charge in [0.15, 0.2) is 0 Å². The van der Waals surface area contributed by atoms with Gasteiger partial charge in [-0.15, -0.1) is 0 Å². The molecule has 1 aromatic carbocycles. The summed E-state index contributed by atoms with van der Waals surface area (Å²) < 4.78 is 5.78. The normalized spacial score (nSPS) is 19.1. The van der Waals surface area contributed by atoms with Crippen LogP contribution in [0.1, 0.15) is 39.3 Å². The highest BCUT2D eigenvalue weighted by atomic mass is 16.5. The summed E-state index contributed by atoms with van der Waals surface area (Å²) in [6.45, 7) is 2.76. The molecule has 0 unspecified atom stereocenters. The highest BCUT2D eigenvalue weighted by Gasteiger charge is 2.66. The first-order chi connectivity index (χ1) is 13.0. The fourth-order valence-corrected chi connectivity index (χ4v) is 3.88. The summed E-state index contributed by atoms with van der Waals surface area (Å²) in [5.41, 5.74) is 1.10. The van der Waals surface area contributed by atoms with Gasteiger partial charge in [-0.05, 0) is 44.0 Å². The highest BCUT2D eigenvalue weighted by molar-refractivity contribution is 5.97. The third-order valence-corrected chi connectivity index (χ3v) is 5.72. The lowest BCUT2D eigenvalue weighted by molar-refractivity contribution is -0.0709. The summed E-state index contributed by atoms with van der Waals surface area (Å²) in [5, 5.41) is 3.17. The van der Waals surface area contributed by atoms with Crippen molar-refractivity contribution in [3.63, 3.8) is 0 Å². The SMILES string of the molecule is COC1(C2(NC(=O)c3ccccc3)CN(C(=O)c3ccc(C)nc3)C2)CC1. The van der Waals surface area contributed by atoms with Gasteiger partial charge in [0.1, 0.15) is 5.54 Å². The molecule has 27 heavy (non-hydrogen) atoms. The molecule has 6 nitrogen and oxygen atoms in total. The Morgan fingerprint density at radius 1 is 1.07 bits per heavy atom. The minimum atomic E-state index is -0.553. The molecule has 6 heteroatoms. The van der Waals surface area contributed by atoms with Crippen molar-refractivity contribution in [2.45, 2.75) is 30.9 Å². The van der Waals surface area contributed by atoms with Crippen LogP contribution in [0.15, 0.2) is 48.7 Å². The van der Waals surface area contributed by atoms with Gasteiger partial charge in [-0.1, -0.05) is 18.2 Å². The molecular formula is C21H23N3O3. The molecule has 0 radical (unpaired) electrons. The number of aromatic nitrogens is 1. The first kappa shape index (κ1) is 17.7. The zero-order chi connectivity index (χ0) is 19.1. The average Bonchev–Trinajstić information content (AvgIpc) is 3.46. The molecule has 2 aliphatic rings. The maximum Gasteiger partial charge on any atom is 0.255 e. The quantitative estimate of drug-likeness (QED) is 0.882. The monoisotopic (exact) mass is 365 g/mol. The van der Waals surface area contributed by atoms with E-state index in [4.69, 9.17) is 4.74 Å². The molecule has 4 rings (SSSR count). The number of hydrogen-bond acceptors (Lipinski definition) is 4. The number of carbonyl (C=O) groups is 2. The maximum atomic E-state index is 12.7. The van der Waals surface area contributed by atoms with Gasteiger partial charge in [0.25, 0.3) is 11.8 Å². The Kier molecular flexibility index (Phi) is 4.23. The van der Waals surface area contributed by atoms with Crippen molar-refractivity contribution in [3.8, 4) is 0 Å². The number of rotatable bonds is 5. The zero-order valence-corrected chi connectivity index (χ0v) is 15.6. The van der Waals surface area contributed by atoms with Gasteiger partial charge in [0, 0.05) is 37.7 Å². The van der Waals surface area contributed by atoms with Gasteiger partial charge in [-0.25, -0.2) is 0 Å². The Labute approximate surface area is 158 Å². The summed E-state index contributed by atoms with van der Waals surface area (Å²) in [5.74, 6) is -0.206. The number of pyridine rings is 1. The van der Waals surface area contributed by atoms with E-state index in [0.717, 1.165) is 18.5 Å². The number of ether oxygens (including phenoxy) is 1. The van der Waals surface area contributed by atoms with Gasteiger partial charge >= 0.3 is 0 Å². The van der Waals surface area contributed by atoms with Crippen LogP contribution >= 0.6 is 0 Å². The number of aryl methyl sites for hydroxylation is 1. The van der Waals surface area contributed by atoms with E-state index in [0.29, 0.717) is 24.2 Å². The summed E-state index contributed by atoms with van der Waals surface area (Å²) in [7, 11) is 1.68. The molecule has 2 heterocycles. The van der Waals surface area contributed by atoms with Crippen LogP contribution in [0.5, 0.6) is 0 Å². The van der Waals surface area contributed by atoms with Gasteiger partial charge in [0.2, 0.25) is 0 Å². The Balaban J connectivity index is 1.52. The van der Waals surface area contributed by atoms with Crippen LogP contribution in [0.4, 0.5) is 0 Å². The molecule has 1 aromatic heterocycles. The second-order valence-electron chi connectivity index (χ2n) is 7.45. The second kappa shape index (κ2) is 6.46. The molecule has 140 valence electrons. The van der Waals surface area contributed by atoms with E-state index in [1.807, 2.05) is 31.2 Å². The molecule has 1 aliphatic carbocycles. The molecule has 0 spiro atoms. The molecule has 0 bridgehead atoms. The van der Waals surface area contributed by atoms with E-state index in [2.05, 4.69) is 10.3 Å². The molecule has 1 saturated heterocycles. The van der Waals surface area contributed by atoms with E-state index in [1.165, 1.54) is 0 Å². The van der Waals surface area contributed by atoms with Crippen molar-refractivity contribution in [2.75, 3.05) is 20.2 Å². The third-order valence-electron chi connectivity index (χ3n) is 5.72. The fourth-order valence-electron chi connectivity index (χ4n) is 3.88. The summed E-state index contributed by atoms with van der Waals surface area (Å²) in [4.78, 5) is 31.4. The highest BCUT2D eigenvalue weighted by Crippen LogP contribution is 2.51. The summed E-state index contributed by atoms with van der Waals surface area (Å²) in [6, 6.07) is 12.7. The predicted octanol–water partition coefficient (Wildman–Crippen LogP) is 2.19. The molecule has 2 aromatic rings. The largest absolute Gasteiger partial charge is 0.376 e. The molecule has 0 atom stereocenters. The van der Waals surface area contributed by atoms with Gasteiger partial charge < -0.3 is 15.0 Å². The van der Waals surface area contributed by atoms with Crippen molar-refractivity contribution in [1.29, 1.82) is 0 Å². The lowest BCUT2D eigenvalue weighted by Crippen LogP contribution is -2.77. The van der Waals surface area contributed by atoms with Crippen LogP contribution in [0.2, 0.25) is 0 Å². The number of methoxy groups -OCH3 is 1. The summed E-state index contributed by atoms with van der Waals surface area (Å²) >= 11 is 0. The third kappa shape index (κ3) is 3.00. The first-order valence-corrected chi connectivity index (χ1v) is 9.13. The average molecular weight is 365 g/mol. The Morgan fingerprint density at radius 2 is 1.78 bits per heavy atom. The van der Waals surface area contributed by atoms with Crippen molar-refractivity contribution in [1.82, 2.24) is 15.2 Å². The number of likely N-dealkylation sites (tertiary alicyclic amines) is 1. The summed E-state index contributed by atoms with van der Waals surface area (Å²) in [6.07, 6.45) is 3.36. The number of amides is 2. The lowest BCUT2D eigenvalue weighted by atomic mass is 9.80. The second-order valence-corrected chi connectivity index (χ2v) is 7.45. The molecule has 1 saturated carbocycles. The van der Waals surface area contributed by atoms with E-state index >= 15 is 0 Å². The maximum absolute atomic E-state index is 12.7. The number of hydrogen-bond donors (Lipinski definition) is 1. The standard InChI is InChI=1S/C21H23N3O3/c1-15-8-9-17(12-22-15)19(26)24-13-20(14-24,21(27-2)10-11-21)23-18(25)16-6-4-3-5-7-16/h3-9,12H,10-11,13-14H2,1-2H3,(H,23,25). The molecule has 2 amide bonds. The Morgan fingerprint density at radius 3 is 2.33 bits per heavy atom. The van der Waals surface area contributed by atoms with E-state index < -0.39 is 5.54 Å². The number of nitrogens with one attached hydrogen (secondary N) is 1. The Hall–Kier alpha value is -2.73. The molecule has 1 N–H and O–H groups in total. The van der Waals surface area contributed by atoms with E-state index in [9.17, 15) is 9.59 Å². The van der Waals surface area contributed by atoms with Crippen molar-refractivity contribution in [2.24, 2.45) is 0 Å². The van der Waals surface area contributed by atoms with Crippen molar-refractivity contribution in [3.05, 3.63) is 65.5 Å². The van der Waals surface area contributed by atoms with Crippen molar-refractivity contribution < 1.29 is 14.3 Å². The minimum Gasteiger partial charge on any atom is -0.376 e. The molecule has 2 fully saturated rings. The predicted molar refractivity (Wildman–Crippen MR) is 100 cm³/mol. The minimum absolute atomic E-state index is 0.0704. The molecule has 1 aliphatic heterocycles. The zero-order valence-electron chi connectivity index (χ0n) is 15.6. The Bertz CT molecular complexity index is 854. The topological polar surface area (TPSA) is 71.5 Å². The van der Waals surface area contributed by atoms with Crippen molar-refractivity contribution >= 4 is 11.8 Å². The molecular weight excluding hydrogens is 342 g/mol. The van der Waals surface area contributed by atoms with Gasteiger partial charge in [-0.2, -0.15) is 0 Å². The van der Waals surface area contributed by atoms with Crippen LogP contribution in [-0.4, -0.2) is 53.0 Å². The van der Waals surface area contributed by atoms with Crippen LogP contribution in [0.3, 0.4) is 0 Å².